The van der Waals surface area contributed by atoms with Crippen molar-refractivity contribution in [1.29, 1.82) is 0 Å². The lowest BCUT2D eigenvalue weighted by Crippen LogP contribution is -2.05. The zero-order valence-electron chi connectivity index (χ0n) is 13.0. The summed E-state index contributed by atoms with van der Waals surface area (Å²) in [5.41, 5.74) is 5.67. The zero-order valence-corrected chi connectivity index (χ0v) is 13.0. The van der Waals surface area contributed by atoms with E-state index in [4.69, 9.17) is 0 Å². The van der Waals surface area contributed by atoms with Gasteiger partial charge in [0.1, 0.15) is 5.70 Å². The second kappa shape index (κ2) is 6.82. The van der Waals surface area contributed by atoms with Crippen LogP contribution in [0.1, 0.15) is 48.8 Å². The molecular weight excluding hydrogens is 272 g/mol. The number of ketones is 1. The molecular formula is C19H22N2O. The molecule has 0 radical (unpaired) electrons. The highest BCUT2D eigenvalue weighted by Crippen LogP contribution is 2.27. The fourth-order valence-electron chi connectivity index (χ4n) is 3.09. The van der Waals surface area contributed by atoms with Crippen LogP contribution in [0.4, 0.5) is 0 Å². The first-order valence-electron chi connectivity index (χ1n) is 8.15. The van der Waals surface area contributed by atoms with E-state index in [0.717, 1.165) is 12.0 Å². The van der Waals surface area contributed by atoms with Gasteiger partial charge in [-0.25, -0.2) is 0 Å². The Hall–Kier alpha value is -2.03. The molecule has 1 aliphatic heterocycles. The van der Waals surface area contributed by atoms with Crippen LogP contribution >= 0.6 is 0 Å². The quantitative estimate of drug-likeness (QED) is 0.778. The Bertz CT molecular complexity index is 655. The number of azo groups is 1. The Labute approximate surface area is 131 Å². The van der Waals surface area contributed by atoms with Crippen molar-refractivity contribution in [3.63, 3.8) is 0 Å². The monoisotopic (exact) mass is 294 g/mol. The van der Waals surface area contributed by atoms with E-state index in [1.165, 1.54) is 42.4 Å². The topological polar surface area (TPSA) is 41.8 Å². The number of Topliss-reactive ketones (excluding diaryl/α,β-unsaturated/α-hetero) is 1. The van der Waals surface area contributed by atoms with Gasteiger partial charge in [-0.3, -0.25) is 4.79 Å². The SMILES string of the molecule is C=C(CCC(=O)C1=CCCN=N1)c1ccc2c(c1)CCCC2. The number of allylic oxidation sites excluding steroid dienone is 2. The first kappa shape index (κ1) is 14.9. The van der Waals surface area contributed by atoms with Crippen LogP contribution in [0.5, 0.6) is 0 Å². The van der Waals surface area contributed by atoms with Crippen molar-refractivity contribution >= 4 is 11.4 Å². The second-order valence-corrected chi connectivity index (χ2v) is 6.06. The Kier molecular flexibility index (Phi) is 4.62. The fraction of sp³-hybridized carbons (Fsp3) is 0.421. The summed E-state index contributed by atoms with van der Waals surface area (Å²) < 4.78 is 0. The molecule has 3 nitrogen and oxygen atoms in total. The third-order valence-corrected chi connectivity index (χ3v) is 4.44. The van der Waals surface area contributed by atoms with Crippen molar-refractivity contribution in [3.05, 3.63) is 53.2 Å². The van der Waals surface area contributed by atoms with E-state index in [1.807, 2.05) is 6.08 Å². The van der Waals surface area contributed by atoms with Crippen molar-refractivity contribution in [2.24, 2.45) is 10.2 Å². The van der Waals surface area contributed by atoms with Gasteiger partial charge in [0.15, 0.2) is 5.78 Å². The molecule has 1 aliphatic carbocycles. The van der Waals surface area contributed by atoms with Crippen molar-refractivity contribution in [3.8, 4) is 0 Å². The molecule has 0 bridgehead atoms. The number of hydrogen-bond donors (Lipinski definition) is 0. The summed E-state index contributed by atoms with van der Waals surface area (Å²) in [5.74, 6) is 0.0718. The Morgan fingerprint density at radius 3 is 2.73 bits per heavy atom. The average molecular weight is 294 g/mol. The zero-order chi connectivity index (χ0) is 15.4. The van der Waals surface area contributed by atoms with E-state index < -0.39 is 0 Å². The van der Waals surface area contributed by atoms with E-state index in [2.05, 4.69) is 35.0 Å². The lowest BCUT2D eigenvalue weighted by atomic mass is 9.88. The van der Waals surface area contributed by atoms with Gasteiger partial charge in [0, 0.05) is 6.42 Å². The van der Waals surface area contributed by atoms with Crippen molar-refractivity contribution in [1.82, 2.24) is 0 Å². The molecule has 0 aromatic heterocycles. The summed E-state index contributed by atoms with van der Waals surface area (Å²) in [7, 11) is 0. The number of carbonyl (C=O) groups is 1. The standard InChI is InChI=1S/C19H22N2O/c1-14(8-11-19(22)18-7-4-12-20-21-18)16-10-9-15-5-2-3-6-17(15)13-16/h7,9-10,13H,1-6,8,11-12H2. The minimum absolute atomic E-state index is 0.0718. The van der Waals surface area contributed by atoms with E-state index in [0.29, 0.717) is 25.1 Å². The molecule has 3 rings (SSSR count). The molecule has 22 heavy (non-hydrogen) atoms. The van der Waals surface area contributed by atoms with Crippen LogP contribution in [-0.2, 0) is 17.6 Å². The predicted molar refractivity (Wildman–Crippen MR) is 88.8 cm³/mol. The number of aryl methyl sites for hydroxylation is 2. The van der Waals surface area contributed by atoms with Gasteiger partial charge in [-0.1, -0.05) is 30.9 Å². The Balaban J connectivity index is 1.61. The maximum Gasteiger partial charge on any atom is 0.183 e. The lowest BCUT2D eigenvalue weighted by molar-refractivity contribution is -0.115. The van der Waals surface area contributed by atoms with E-state index in [9.17, 15) is 4.79 Å². The number of nitrogens with zero attached hydrogens (tertiary/aromatic N) is 2. The van der Waals surface area contributed by atoms with Gasteiger partial charge in [0.25, 0.3) is 0 Å². The Morgan fingerprint density at radius 1 is 1.14 bits per heavy atom. The minimum atomic E-state index is 0.0718. The van der Waals surface area contributed by atoms with Crippen molar-refractivity contribution < 1.29 is 4.79 Å². The molecule has 0 saturated heterocycles. The van der Waals surface area contributed by atoms with Gasteiger partial charge in [-0.15, -0.1) is 0 Å². The molecule has 1 aromatic carbocycles. The molecule has 2 aliphatic rings. The number of rotatable bonds is 5. The first-order valence-corrected chi connectivity index (χ1v) is 8.15. The summed E-state index contributed by atoms with van der Waals surface area (Å²) in [5, 5.41) is 7.87. The van der Waals surface area contributed by atoms with Gasteiger partial charge < -0.3 is 0 Å². The minimum Gasteiger partial charge on any atom is -0.292 e. The highest BCUT2D eigenvalue weighted by atomic mass is 16.1. The van der Waals surface area contributed by atoms with E-state index in [1.54, 1.807) is 0 Å². The number of carbonyl (C=O) groups excluding carboxylic acids is 1. The lowest BCUT2D eigenvalue weighted by Gasteiger charge is -2.17. The highest BCUT2D eigenvalue weighted by Gasteiger charge is 2.13. The molecule has 0 fully saturated rings. The van der Waals surface area contributed by atoms with Gasteiger partial charge in [0.05, 0.1) is 6.54 Å². The molecule has 0 amide bonds. The molecule has 3 heteroatoms. The number of hydrogen-bond acceptors (Lipinski definition) is 3. The van der Waals surface area contributed by atoms with Crippen molar-refractivity contribution in [2.75, 3.05) is 6.54 Å². The average Bonchev–Trinajstić information content (AvgIpc) is 2.59. The largest absolute Gasteiger partial charge is 0.292 e. The summed E-state index contributed by atoms with van der Waals surface area (Å²) in [6.45, 7) is 4.86. The van der Waals surface area contributed by atoms with Crippen LogP contribution in [0, 0.1) is 0 Å². The highest BCUT2D eigenvalue weighted by molar-refractivity contribution is 5.95. The molecule has 1 aromatic rings. The van der Waals surface area contributed by atoms with Gasteiger partial charge in [0.2, 0.25) is 0 Å². The predicted octanol–water partition coefficient (Wildman–Crippen LogP) is 4.67. The maximum absolute atomic E-state index is 12.1. The number of benzene rings is 1. The molecule has 0 atom stereocenters. The first-order chi connectivity index (χ1) is 10.7. The fourth-order valence-corrected chi connectivity index (χ4v) is 3.09. The van der Waals surface area contributed by atoms with Crippen LogP contribution < -0.4 is 0 Å². The normalized spacial score (nSPS) is 16.8. The van der Waals surface area contributed by atoms with Crippen LogP contribution in [-0.4, -0.2) is 12.3 Å². The summed E-state index contributed by atoms with van der Waals surface area (Å²) in [6, 6.07) is 6.64. The molecule has 0 saturated carbocycles. The summed E-state index contributed by atoms with van der Waals surface area (Å²) in [6.07, 6.45) is 8.78. The number of fused-ring (bicyclic) bond motifs is 1. The molecule has 0 N–H and O–H groups in total. The third kappa shape index (κ3) is 3.41. The second-order valence-electron chi connectivity index (χ2n) is 6.06. The smallest absolute Gasteiger partial charge is 0.183 e. The molecule has 1 heterocycles. The van der Waals surface area contributed by atoms with Crippen molar-refractivity contribution in [2.45, 2.75) is 44.9 Å². The van der Waals surface area contributed by atoms with Crippen LogP contribution in [0.25, 0.3) is 5.57 Å². The maximum atomic E-state index is 12.1. The van der Waals surface area contributed by atoms with E-state index in [-0.39, 0.29) is 5.78 Å². The summed E-state index contributed by atoms with van der Waals surface area (Å²) in [4.78, 5) is 12.1. The Morgan fingerprint density at radius 2 is 1.95 bits per heavy atom. The van der Waals surface area contributed by atoms with E-state index >= 15 is 0 Å². The van der Waals surface area contributed by atoms with Gasteiger partial charge in [-0.2, -0.15) is 10.2 Å². The van der Waals surface area contributed by atoms with Crippen LogP contribution in [0.15, 0.2) is 46.8 Å². The third-order valence-electron chi connectivity index (χ3n) is 4.44. The van der Waals surface area contributed by atoms with Gasteiger partial charge >= 0.3 is 0 Å². The summed E-state index contributed by atoms with van der Waals surface area (Å²) >= 11 is 0. The molecule has 114 valence electrons. The van der Waals surface area contributed by atoms with Crippen LogP contribution in [0.2, 0.25) is 0 Å². The van der Waals surface area contributed by atoms with Crippen LogP contribution in [0.3, 0.4) is 0 Å². The molecule has 0 spiro atoms. The molecule has 0 unspecified atom stereocenters. The van der Waals surface area contributed by atoms with Gasteiger partial charge in [-0.05, 0) is 60.8 Å².